The van der Waals surface area contributed by atoms with Crippen LogP contribution in [-0.4, -0.2) is 37.1 Å². The van der Waals surface area contributed by atoms with Crippen molar-refractivity contribution in [2.45, 2.75) is 25.9 Å². The largest absolute Gasteiger partial charge is 0.306 e. The first-order chi connectivity index (χ1) is 5.63. The van der Waals surface area contributed by atoms with E-state index in [1.807, 2.05) is 6.08 Å². The third-order valence-corrected chi connectivity index (χ3v) is 2.63. The Morgan fingerprint density at radius 3 is 2.67 bits per heavy atom. The summed E-state index contributed by atoms with van der Waals surface area (Å²) in [7, 11) is 2.18. The fraction of sp³-hybridized carbons (Fsp3) is 0.800. The fourth-order valence-electron chi connectivity index (χ4n) is 1.83. The maximum atomic E-state index is 3.77. The van der Waals surface area contributed by atoms with E-state index < -0.39 is 0 Å². The number of nitrogens with one attached hydrogen (secondary N) is 1. The van der Waals surface area contributed by atoms with Crippen LogP contribution in [0.25, 0.3) is 0 Å². The van der Waals surface area contributed by atoms with Crippen LogP contribution < -0.4 is 5.32 Å². The number of likely N-dealkylation sites (N-methyl/N-ethyl adjacent to an activating group) is 1. The van der Waals surface area contributed by atoms with E-state index >= 15 is 0 Å². The maximum absolute atomic E-state index is 3.77. The Balaban J connectivity index is 2.37. The third kappa shape index (κ3) is 2.32. The zero-order chi connectivity index (χ0) is 9.14. The van der Waals surface area contributed by atoms with Gasteiger partial charge >= 0.3 is 0 Å². The lowest BCUT2D eigenvalue weighted by molar-refractivity contribution is 0.393. The summed E-state index contributed by atoms with van der Waals surface area (Å²) >= 11 is 0. The van der Waals surface area contributed by atoms with E-state index in [0.29, 0.717) is 12.1 Å². The van der Waals surface area contributed by atoms with Gasteiger partial charge in [0.05, 0.1) is 0 Å². The summed E-state index contributed by atoms with van der Waals surface area (Å²) < 4.78 is 0. The molecule has 2 nitrogen and oxygen atoms in total. The van der Waals surface area contributed by atoms with Gasteiger partial charge in [0.1, 0.15) is 0 Å². The standard InChI is InChI=1S/C10H20N2/c1-5-9(3)11-10-7-12(4)6-8(10)2/h5,8-11H,1,6-7H2,2-4H3. The van der Waals surface area contributed by atoms with Crippen LogP contribution in [0.2, 0.25) is 0 Å². The Hall–Kier alpha value is -0.340. The van der Waals surface area contributed by atoms with Crippen LogP contribution in [0.15, 0.2) is 12.7 Å². The lowest BCUT2D eigenvalue weighted by Crippen LogP contribution is -2.40. The van der Waals surface area contributed by atoms with E-state index in [2.05, 4.69) is 37.7 Å². The lowest BCUT2D eigenvalue weighted by Gasteiger charge is -2.19. The molecule has 0 saturated carbocycles. The average molecular weight is 168 g/mol. The number of hydrogen-bond donors (Lipinski definition) is 1. The van der Waals surface area contributed by atoms with Gasteiger partial charge in [0.25, 0.3) is 0 Å². The maximum Gasteiger partial charge on any atom is 0.0238 e. The summed E-state index contributed by atoms with van der Waals surface area (Å²) in [5, 5.41) is 3.55. The van der Waals surface area contributed by atoms with Gasteiger partial charge < -0.3 is 10.2 Å². The van der Waals surface area contributed by atoms with Gasteiger partial charge in [0.15, 0.2) is 0 Å². The Kier molecular flexibility index (Phi) is 3.29. The van der Waals surface area contributed by atoms with Crippen LogP contribution in [0.4, 0.5) is 0 Å². The molecule has 3 atom stereocenters. The van der Waals surface area contributed by atoms with Crippen LogP contribution in [0.5, 0.6) is 0 Å². The molecule has 1 rings (SSSR count). The molecule has 0 aromatic heterocycles. The first-order valence-electron chi connectivity index (χ1n) is 4.70. The summed E-state index contributed by atoms with van der Waals surface area (Å²) in [6, 6.07) is 1.08. The molecule has 0 spiro atoms. The molecule has 1 heterocycles. The predicted molar refractivity (Wildman–Crippen MR) is 53.2 cm³/mol. The highest BCUT2D eigenvalue weighted by molar-refractivity contribution is 4.91. The van der Waals surface area contributed by atoms with Crippen molar-refractivity contribution in [1.82, 2.24) is 10.2 Å². The highest BCUT2D eigenvalue weighted by Crippen LogP contribution is 2.14. The van der Waals surface area contributed by atoms with Crippen LogP contribution in [-0.2, 0) is 0 Å². The van der Waals surface area contributed by atoms with Gasteiger partial charge in [-0.05, 0) is 19.9 Å². The first kappa shape index (κ1) is 9.75. The summed E-state index contributed by atoms with van der Waals surface area (Å²) in [6.07, 6.45) is 1.96. The number of likely N-dealkylation sites (tertiary alicyclic amines) is 1. The second kappa shape index (κ2) is 4.06. The number of nitrogens with zero attached hydrogens (tertiary/aromatic N) is 1. The minimum Gasteiger partial charge on any atom is -0.306 e. The molecule has 3 unspecified atom stereocenters. The van der Waals surface area contributed by atoms with E-state index in [0.717, 1.165) is 5.92 Å². The number of rotatable bonds is 3. The van der Waals surface area contributed by atoms with Gasteiger partial charge in [-0.25, -0.2) is 0 Å². The smallest absolute Gasteiger partial charge is 0.0238 e. The SMILES string of the molecule is C=CC(C)NC1CN(C)CC1C. The Labute approximate surface area is 75.6 Å². The summed E-state index contributed by atoms with van der Waals surface area (Å²) in [5.41, 5.74) is 0. The number of hydrogen-bond acceptors (Lipinski definition) is 2. The van der Waals surface area contributed by atoms with Gasteiger partial charge in [-0.1, -0.05) is 13.0 Å². The first-order valence-corrected chi connectivity index (χ1v) is 4.70. The van der Waals surface area contributed by atoms with Gasteiger partial charge in [-0.15, -0.1) is 6.58 Å². The van der Waals surface area contributed by atoms with Crippen LogP contribution in [0.3, 0.4) is 0 Å². The Bertz CT molecular complexity index is 156. The molecule has 1 aliphatic rings. The summed E-state index contributed by atoms with van der Waals surface area (Å²) in [6.45, 7) is 10.6. The zero-order valence-electron chi connectivity index (χ0n) is 8.38. The molecule has 70 valence electrons. The molecule has 2 heteroatoms. The van der Waals surface area contributed by atoms with Crippen molar-refractivity contribution in [3.8, 4) is 0 Å². The van der Waals surface area contributed by atoms with Crippen molar-refractivity contribution in [1.29, 1.82) is 0 Å². The topological polar surface area (TPSA) is 15.3 Å². The minimum absolute atomic E-state index is 0.434. The average Bonchev–Trinajstić information content (AvgIpc) is 2.30. The zero-order valence-corrected chi connectivity index (χ0v) is 8.38. The predicted octanol–water partition coefficient (Wildman–Crippen LogP) is 1.10. The second-order valence-electron chi connectivity index (χ2n) is 4.00. The van der Waals surface area contributed by atoms with Crippen LogP contribution >= 0.6 is 0 Å². The molecule has 0 radical (unpaired) electrons. The Morgan fingerprint density at radius 2 is 2.25 bits per heavy atom. The fourth-order valence-corrected chi connectivity index (χ4v) is 1.83. The molecular weight excluding hydrogens is 148 g/mol. The van der Waals surface area contributed by atoms with E-state index in [9.17, 15) is 0 Å². The molecule has 12 heavy (non-hydrogen) atoms. The molecule has 0 amide bonds. The monoisotopic (exact) mass is 168 g/mol. The van der Waals surface area contributed by atoms with Crippen molar-refractivity contribution >= 4 is 0 Å². The molecule has 0 aliphatic carbocycles. The van der Waals surface area contributed by atoms with Gasteiger partial charge in [-0.3, -0.25) is 0 Å². The van der Waals surface area contributed by atoms with Gasteiger partial charge in [-0.2, -0.15) is 0 Å². The minimum atomic E-state index is 0.434. The molecular formula is C10H20N2. The molecule has 1 aliphatic heterocycles. The normalized spacial score (nSPS) is 33.6. The van der Waals surface area contributed by atoms with Crippen molar-refractivity contribution in [2.24, 2.45) is 5.92 Å². The van der Waals surface area contributed by atoms with E-state index in [1.165, 1.54) is 13.1 Å². The Morgan fingerprint density at radius 1 is 1.58 bits per heavy atom. The highest BCUT2D eigenvalue weighted by Gasteiger charge is 2.27. The van der Waals surface area contributed by atoms with Crippen LogP contribution in [0.1, 0.15) is 13.8 Å². The van der Waals surface area contributed by atoms with Gasteiger partial charge in [0, 0.05) is 25.2 Å². The van der Waals surface area contributed by atoms with Crippen molar-refractivity contribution in [3.05, 3.63) is 12.7 Å². The van der Waals surface area contributed by atoms with Gasteiger partial charge in [0.2, 0.25) is 0 Å². The quantitative estimate of drug-likeness (QED) is 0.635. The molecule has 1 fully saturated rings. The molecule has 0 bridgehead atoms. The lowest BCUT2D eigenvalue weighted by atomic mass is 10.1. The van der Waals surface area contributed by atoms with Crippen molar-refractivity contribution < 1.29 is 0 Å². The van der Waals surface area contributed by atoms with Crippen molar-refractivity contribution in [2.75, 3.05) is 20.1 Å². The molecule has 0 aromatic carbocycles. The van der Waals surface area contributed by atoms with E-state index in [-0.39, 0.29) is 0 Å². The van der Waals surface area contributed by atoms with Crippen molar-refractivity contribution in [3.63, 3.8) is 0 Å². The van der Waals surface area contributed by atoms with E-state index in [4.69, 9.17) is 0 Å². The summed E-state index contributed by atoms with van der Waals surface area (Å²) in [4.78, 5) is 2.37. The molecule has 0 aromatic rings. The molecule has 1 N–H and O–H groups in total. The van der Waals surface area contributed by atoms with E-state index in [1.54, 1.807) is 0 Å². The second-order valence-corrected chi connectivity index (χ2v) is 4.00. The van der Waals surface area contributed by atoms with Crippen LogP contribution in [0, 0.1) is 5.92 Å². The summed E-state index contributed by atoms with van der Waals surface area (Å²) in [5.74, 6) is 0.761. The highest BCUT2D eigenvalue weighted by atomic mass is 15.2. The molecule has 1 saturated heterocycles. The third-order valence-electron chi connectivity index (χ3n) is 2.63.